The second-order valence-electron chi connectivity index (χ2n) is 8.27. The van der Waals surface area contributed by atoms with Crippen molar-refractivity contribution in [3.05, 3.63) is 59.3 Å². The molecule has 1 aliphatic heterocycles. The van der Waals surface area contributed by atoms with Gasteiger partial charge in [-0.15, -0.1) is 0 Å². The first-order valence-electron chi connectivity index (χ1n) is 10.7. The number of fused-ring (bicyclic) bond motifs is 1. The molecule has 0 radical (unpaired) electrons. The lowest BCUT2D eigenvalue weighted by molar-refractivity contribution is 0.00461. The number of rotatable bonds is 7. The number of halogens is 3. The van der Waals surface area contributed by atoms with Crippen LogP contribution in [0.1, 0.15) is 40.9 Å². The van der Waals surface area contributed by atoms with E-state index in [0.29, 0.717) is 34.5 Å². The van der Waals surface area contributed by atoms with Gasteiger partial charge in [-0.25, -0.2) is 18.2 Å². The summed E-state index contributed by atoms with van der Waals surface area (Å²) in [4.78, 5) is 17.0. The van der Waals surface area contributed by atoms with E-state index in [0.717, 1.165) is 6.21 Å². The van der Waals surface area contributed by atoms with Gasteiger partial charge in [-0.2, -0.15) is 0 Å². The van der Waals surface area contributed by atoms with Crippen molar-refractivity contribution in [1.29, 1.82) is 5.41 Å². The maximum atomic E-state index is 14.1. The number of aromatic nitrogens is 1. The SMILES string of the molecule is CN/C=C(\C=N)c1cc(F)cc(CNC(=O)c2nccc3c2NC(C2CCC(F)(F)C2)N3)c1. The van der Waals surface area contributed by atoms with Crippen molar-refractivity contribution in [2.45, 2.75) is 37.9 Å². The lowest BCUT2D eigenvalue weighted by atomic mass is 10.0. The van der Waals surface area contributed by atoms with Crippen molar-refractivity contribution in [1.82, 2.24) is 15.6 Å². The average Bonchev–Trinajstić information content (AvgIpc) is 3.38. The van der Waals surface area contributed by atoms with Gasteiger partial charge in [0.15, 0.2) is 5.69 Å². The van der Waals surface area contributed by atoms with Gasteiger partial charge in [-0.05, 0) is 41.8 Å². The Morgan fingerprint density at radius 1 is 1.33 bits per heavy atom. The van der Waals surface area contributed by atoms with Crippen LogP contribution in [-0.2, 0) is 6.54 Å². The number of nitrogens with zero attached hydrogens (tertiary/aromatic N) is 1. The molecular weight excluding hydrogens is 433 g/mol. The van der Waals surface area contributed by atoms with Crippen molar-refractivity contribution in [3.63, 3.8) is 0 Å². The molecule has 1 amide bonds. The lowest BCUT2D eigenvalue weighted by Gasteiger charge is -2.20. The third-order valence-electron chi connectivity index (χ3n) is 5.89. The fourth-order valence-corrected chi connectivity index (χ4v) is 4.31. The highest BCUT2D eigenvalue weighted by molar-refractivity contribution is 6.08. The van der Waals surface area contributed by atoms with Gasteiger partial charge in [0.2, 0.25) is 5.92 Å². The van der Waals surface area contributed by atoms with Crippen LogP contribution in [0.2, 0.25) is 0 Å². The van der Waals surface area contributed by atoms with Crippen LogP contribution in [0.15, 0.2) is 36.7 Å². The Labute approximate surface area is 189 Å². The van der Waals surface area contributed by atoms with E-state index in [1.807, 2.05) is 0 Å². The molecule has 2 unspecified atom stereocenters. The minimum Gasteiger partial charge on any atom is -0.393 e. The van der Waals surface area contributed by atoms with Gasteiger partial charge < -0.3 is 26.7 Å². The number of pyridine rings is 1. The normalized spacial score (nSPS) is 21.0. The number of alkyl halides is 2. The number of amides is 1. The van der Waals surface area contributed by atoms with Crippen LogP contribution < -0.4 is 21.3 Å². The number of hydrogen-bond donors (Lipinski definition) is 5. The van der Waals surface area contributed by atoms with Gasteiger partial charge >= 0.3 is 0 Å². The van der Waals surface area contributed by atoms with Gasteiger partial charge in [0.25, 0.3) is 5.91 Å². The summed E-state index contributed by atoms with van der Waals surface area (Å²) in [5.41, 5.74) is 2.76. The van der Waals surface area contributed by atoms with Crippen LogP contribution in [0.4, 0.5) is 24.5 Å². The minimum atomic E-state index is -2.66. The van der Waals surface area contributed by atoms with E-state index >= 15 is 0 Å². The molecule has 1 aromatic carbocycles. The van der Waals surface area contributed by atoms with Crippen molar-refractivity contribution in [2.24, 2.45) is 5.92 Å². The molecule has 2 aromatic rings. The van der Waals surface area contributed by atoms with Crippen molar-refractivity contribution >= 4 is 29.1 Å². The summed E-state index contributed by atoms with van der Waals surface area (Å²) in [5, 5.41) is 19.4. The highest BCUT2D eigenvalue weighted by atomic mass is 19.3. The topological polar surface area (TPSA) is 102 Å². The Balaban J connectivity index is 1.46. The fourth-order valence-electron chi connectivity index (χ4n) is 4.31. The van der Waals surface area contributed by atoms with Crippen LogP contribution in [-0.4, -0.2) is 36.2 Å². The summed E-state index contributed by atoms with van der Waals surface area (Å²) in [7, 11) is 1.68. The number of carbonyl (C=O) groups is 1. The van der Waals surface area contributed by atoms with Gasteiger partial charge in [-0.1, -0.05) is 0 Å². The van der Waals surface area contributed by atoms with E-state index < -0.39 is 23.8 Å². The fraction of sp³-hybridized carbons (Fsp3) is 0.348. The van der Waals surface area contributed by atoms with Gasteiger partial charge in [0.1, 0.15) is 5.82 Å². The molecular formula is C23H25F3N6O. The highest BCUT2D eigenvalue weighted by Crippen LogP contribution is 2.44. The third kappa shape index (κ3) is 4.94. The molecule has 4 rings (SSSR count). The van der Waals surface area contributed by atoms with E-state index in [4.69, 9.17) is 5.41 Å². The summed E-state index contributed by atoms with van der Waals surface area (Å²) in [6.45, 7) is 0.0471. The number of hydrogen-bond acceptors (Lipinski definition) is 6. The molecule has 7 nitrogen and oxygen atoms in total. The van der Waals surface area contributed by atoms with Crippen LogP contribution in [0, 0.1) is 17.1 Å². The maximum Gasteiger partial charge on any atom is 0.272 e. The summed E-state index contributed by atoms with van der Waals surface area (Å²) in [5.74, 6) is -3.88. The second-order valence-corrected chi connectivity index (χ2v) is 8.27. The number of nitrogens with one attached hydrogen (secondary N) is 5. The number of benzene rings is 1. The van der Waals surface area contributed by atoms with E-state index in [1.165, 1.54) is 18.3 Å². The molecule has 1 aromatic heterocycles. The Morgan fingerprint density at radius 3 is 2.85 bits per heavy atom. The molecule has 2 heterocycles. The summed E-state index contributed by atoms with van der Waals surface area (Å²) in [6, 6.07) is 6.01. The molecule has 2 aliphatic rings. The van der Waals surface area contributed by atoms with Gasteiger partial charge in [-0.3, -0.25) is 4.79 Å². The molecule has 0 spiro atoms. The summed E-state index contributed by atoms with van der Waals surface area (Å²) >= 11 is 0. The summed E-state index contributed by atoms with van der Waals surface area (Å²) < 4.78 is 41.4. The van der Waals surface area contributed by atoms with Crippen molar-refractivity contribution < 1.29 is 18.0 Å². The molecule has 2 atom stereocenters. The van der Waals surface area contributed by atoms with Gasteiger partial charge in [0, 0.05) is 56.5 Å². The van der Waals surface area contributed by atoms with Gasteiger partial charge in [0.05, 0.1) is 17.5 Å². The zero-order chi connectivity index (χ0) is 23.6. The van der Waals surface area contributed by atoms with Crippen LogP contribution in [0.25, 0.3) is 5.57 Å². The third-order valence-corrected chi connectivity index (χ3v) is 5.89. The molecule has 0 saturated heterocycles. The summed E-state index contributed by atoms with van der Waals surface area (Å²) in [6.07, 6.45) is 3.82. The molecule has 5 N–H and O–H groups in total. The number of allylic oxidation sites excluding steroid dienone is 1. The molecule has 1 fully saturated rings. The first-order chi connectivity index (χ1) is 15.8. The minimum absolute atomic E-state index is 0.0471. The first-order valence-corrected chi connectivity index (χ1v) is 10.7. The Bertz CT molecular complexity index is 1100. The van der Waals surface area contributed by atoms with Crippen molar-refractivity contribution in [3.8, 4) is 0 Å². The largest absolute Gasteiger partial charge is 0.393 e. The lowest BCUT2D eigenvalue weighted by Crippen LogP contribution is -2.32. The Hall–Kier alpha value is -3.56. The predicted octanol–water partition coefficient (Wildman–Crippen LogP) is 3.96. The number of anilines is 2. The molecule has 1 aliphatic carbocycles. The molecule has 174 valence electrons. The van der Waals surface area contributed by atoms with Crippen LogP contribution in [0.3, 0.4) is 0 Å². The smallest absolute Gasteiger partial charge is 0.272 e. The monoisotopic (exact) mass is 458 g/mol. The zero-order valence-electron chi connectivity index (χ0n) is 18.0. The maximum absolute atomic E-state index is 14.1. The molecule has 0 bridgehead atoms. The molecule has 10 heteroatoms. The first kappa shape index (κ1) is 22.6. The van der Waals surface area contributed by atoms with Crippen LogP contribution in [0.5, 0.6) is 0 Å². The molecule has 1 saturated carbocycles. The average molecular weight is 458 g/mol. The quantitative estimate of drug-likeness (QED) is 0.405. The Kier molecular flexibility index (Phi) is 6.26. The standard InChI is InChI=1S/C23H25F3N6O/c1-28-12-16(10-27)15-6-13(7-17(24)8-15)11-30-22(33)20-19-18(3-5-29-20)31-21(32-19)14-2-4-23(25,26)9-14/h3,5-8,10,12,14,21,27-28,31-32H,2,4,9,11H2,1H3,(H,30,33)/b16-12+,27-10?. The highest BCUT2D eigenvalue weighted by Gasteiger charge is 2.44. The Morgan fingerprint density at radius 2 is 2.15 bits per heavy atom. The van der Waals surface area contributed by atoms with Crippen molar-refractivity contribution in [2.75, 3.05) is 17.7 Å². The second kappa shape index (κ2) is 9.13. The van der Waals surface area contributed by atoms with E-state index in [-0.39, 0.29) is 31.0 Å². The van der Waals surface area contributed by atoms with Crippen LogP contribution >= 0.6 is 0 Å². The van der Waals surface area contributed by atoms with E-state index in [2.05, 4.69) is 26.3 Å². The van der Waals surface area contributed by atoms with E-state index in [1.54, 1.807) is 25.4 Å². The number of carbonyl (C=O) groups excluding carboxylic acids is 1. The molecule has 33 heavy (non-hydrogen) atoms. The predicted molar refractivity (Wildman–Crippen MR) is 121 cm³/mol. The van der Waals surface area contributed by atoms with E-state index in [9.17, 15) is 18.0 Å². The zero-order valence-corrected chi connectivity index (χ0v) is 18.0.